The highest BCUT2D eigenvalue weighted by Gasteiger charge is 2.39. The van der Waals surface area contributed by atoms with Crippen LogP contribution >= 0.6 is 0 Å². The minimum absolute atomic E-state index is 0.0646. The molecule has 0 amide bonds. The summed E-state index contributed by atoms with van der Waals surface area (Å²) in [5.41, 5.74) is 1.99. The van der Waals surface area contributed by atoms with Crippen LogP contribution in [0.1, 0.15) is 54.0 Å². The van der Waals surface area contributed by atoms with E-state index in [1.54, 1.807) is 54.3 Å². The molecular formula is C36H39F2N3O4. The van der Waals surface area contributed by atoms with Crippen molar-refractivity contribution in [1.82, 2.24) is 9.47 Å². The third-order valence-corrected chi connectivity index (χ3v) is 7.60. The maximum Gasteiger partial charge on any atom is 0.358 e. The summed E-state index contributed by atoms with van der Waals surface area (Å²) in [5, 5.41) is 11.1. The highest BCUT2D eigenvalue weighted by Crippen LogP contribution is 2.47. The zero-order chi connectivity index (χ0) is 32.1. The molecule has 0 radical (unpaired) electrons. The largest absolute Gasteiger partial charge is 0.505 e. The molecule has 1 aliphatic heterocycles. The molecule has 1 aliphatic rings. The molecule has 0 saturated carbocycles. The summed E-state index contributed by atoms with van der Waals surface area (Å²) in [5.74, 6) is -0.814. The molecule has 9 heteroatoms. The van der Waals surface area contributed by atoms with Gasteiger partial charge >= 0.3 is 5.97 Å². The number of rotatable bonds is 12. The molecule has 1 unspecified atom stereocenters. The Bertz CT molecular complexity index is 1650. The molecule has 0 bridgehead atoms. The maximum absolute atomic E-state index is 17.2. The van der Waals surface area contributed by atoms with Crippen LogP contribution in [0.4, 0.5) is 14.6 Å². The van der Waals surface area contributed by atoms with Crippen LogP contribution < -0.4 is 9.64 Å². The summed E-state index contributed by atoms with van der Waals surface area (Å²) in [4.78, 5) is 16.9. The molecular weight excluding hydrogens is 576 g/mol. The molecule has 1 aromatic heterocycles. The van der Waals surface area contributed by atoms with E-state index in [0.717, 1.165) is 5.56 Å². The van der Waals surface area contributed by atoms with Crippen molar-refractivity contribution in [3.8, 4) is 11.5 Å². The number of ether oxygens (including phenoxy) is 2. The number of aromatic nitrogens is 1. The lowest BCUT2D eigenvalue weighted by atomic mass is 9.98. The Morgan fingerprint density at radius 1 is 1.00 bits per heavy atom. The fourth-order valence-corrected chi connectivity index (χ4v) is 5.59. The summed E-state index contributed by atoms with van der Waals surface area (Å²) in [7, 11) is 1.91. The van der Waals surface area contributed by atoms with Crippen molar-refractivity contribution in [2.45, 2.75) is 39.8 Å². The van der Waals surface area contributed by atoms with Crippen LogP contribution in [0.3, 0.4) is 0 Å². The van der Waals surface area contributed by atoms with Crippen LogP contribution in [0.15, 0.2) is 90.8 Å². The molecule has 1 atom stereocenters. The number of carbonyl (C=O) groups is 1. The Morgan fingerprint density at radius 2 is 1.69 bits per heavy atom. The van der Waals surface area contributed by atoms with Crippen LogP contribution in [0.2, 0.25) is 0 Å². The van der Waals surface area contributed by atoms with E-state index in [1.807, 2.05) is 42.3 Å². The first-order valence-corrected chi connectivity index (χ1v) is 15.2. The van der Waals surface area contributed by atoms with Gasteiger partial charge in [0.1, 0.15) is 29.0 Å². The molecule has 2 heterocycles. The van der Waals surface area contributed by atoms with Crippen molar-refractivity contribution in [3.05, 3.63) is 119 Å². The van der Waals surface area contributed by atoms with Gasteiger partial charge in [0, 0.05) is 24.6 Å². The predicted octanol–water partition coefficient (Wildman–Crippen LogP) is 7.58. The van der Waals surface area contributed by atoms with Crippen molar-refractivity contribution in [1.29, 1.82) is 0 Å². The number of benzene rings is 3. The molecule has 7 nitrogen and oxygen atoms in total. The fourth-order valence-electron chi connectivity index (χ4n) is 5.59. The number of allylic oxidation sites excluding steroid dienone is 1. The lowest BCUT2D eigenvalue weighted by Gasteiger charge is -2.39. The summed E-state index contributed by atoms with van der Waals surface area (Å²) in [6, 6.07) is 23.5. The number of aromatic hydroxyl groups is 1. The lowest BCUT2D eigenvalue weighted by Crippen LogP contribution is -2.40. The van der Waals surface area contributed by atoms with Gasteiger partial charge in [-0.05, 0) is 61.3 Å². The molecule has 3 aromatic carbocycles. The number of hydrogen-bond acceptors (Lipinski definition) is 6. The average molecular weight is 616 g/mol. The van der Waals surface area contributed by atoms with Crippen molar-refractivity contribution >= 4 is 17.5 Å². The van der Waals surface area contributed by atoms with Crippen LogP contribution in [0.5, 0.6) is 11.5 Å². The van der Waals surface area contributed by atoms with Crippen LogP contribution in [0.25, 0.3) is 5.70 Å². The monoisotopic (exact) mass is 615 g/mol. The normalized spacial score (nSPS) is 14.7. The number of carbonyl (C=O) groups excluding carboxylic acids is 1. The summed E-state index contributed by atoms with van der Waals surface area (Å²) >= 11 is 0. The molecule has 0 spiro atoms. The molecule has 236 valence electrons. The first-order chi connectivity index (χ1) is 21.7. The van der Waals surface area contributed by atoms with Gasteiger partial charge in [-0.3, -0.25) is 4.90 Å². The number of fused-ring (bicyclic) bond motifs is 1. The van der Waals surface area contributed by atoms with E-state index in [9.17, 15) is 14.3 Å². The van der Waals surface area contributed by atoms with E-state index in [1.165, 1.54) is 16.7 Å². The Kier molecular flexibility index (Phi) is 9.88. The standard InChI is InChI=1S/C36H39F2N3O4/c1-5-44-36(43)35-31(42)20-32-40(23-39(4)21-25-11-7-6-8-12-25)34(26-15-17-28(18-16-26)45-22-24(2)3)33(38)30(41(32)35)19-27-13-9-10-14-29(27)37/h6-18,20,24,30,42H,5,19,21-23H2,1-4H3. The van der Waals surface area contributed by atoms with Crippen molar-refractivity contribution in [2.24, 2.45) is 5.92 Å². The molecule has 0 fully saturated rings. The molecule has 4 aromatic rings. The number of esters is 1. The van der Waals surface area contributed by atoms with Gasteiger partial charge in [-0.15, -0.1) is 0 Å². The zero-order valence-electron chi connectivity index (χ0n) is 26.0. The average Bonchev–Trinajstić information content (AvgIpc) is 3.37. The van der Waals surface area contributed by atoms with Crippen molar-refractivity contribution in [3.63, 3.8) is 0 Å². The van der Waals surface area contributed by atoms with E-state index in [0.29, 0.717) is 36.2 Å². The third-order valence-electron chi connectivity index (χ3n) is 7.60. The van der Waals surface area contributed by atoms with Gasteiger partial charge in [-0.25, -0.2) is 13.6 Å². The van der Waals surface area contributed by atoms with E-state index < -0.39 is 23.7 Å². The molecule has 0 aliphatic carbocycles. The van der Waals surface area contributed by atoms with Gasteiger partial charge in [0.25, 0.3) is 0 Å². The maximum atomic E-state index is 17.2. The van der Waals surface area contributed by atoms with Gasteiger partial charge in [0.05, 0.1) is 31.6 Å². The smallest absolute Gasteiger partial charge is 0.358 e. The quantitative estimate of drug-likeness (QED) is 0.166. The summed E-state index contributed by atoms with van der Waals surface area (Å²) in [6.07, 6.45) is -0.0984. The van der Waals surface area contributed by atoms with Crippen LogP contribution in [-0.2, 0) is 17.7 Å². The second kappa shape index (κ2) is 14.0. The topological polar surface area (TPSA) is 67.2 Å². The molecule has 45 heavy (non-hydrogen) atoms. The Morgan fingerprint density at radius 3 is 2.36 bits per heavy atom. The number of hydrogen-bond donors (Lipinski definition) is 1. The van der Waals surface area contributed by atoms with Gasteiger partial charge in [-0.2, -0.15) is 0 Å². The first kappa shape index (κ1) is 31.8. The Balaban J connectivity index is 1.65. The second-order valence-corrected chi connectivity index (χ2v) is 11.6. The van der Waals surface area contributed by atoms with E-state index >= 15 is 4.39 Å². The van der Waals surface area contributed by atoms with Gasteiger partial charge in [0.15, 0.2) is 5.69 Å². The van der Waals surface area contributed by atoms with E-state index in [4.69, 9.17) is 9.47 Å². The Labute approximate surface area is 262 Å². The van der Waals surface area contributed by atoms with Crippen LogP contribution in [-0.4, -0.2) is 47.5 Å². The van der Waals surface area contributed by atoms with E-state index in [-0.39, 0.29) is 42.4 Å². The van der Waals surface area contributed by atoms with Gasteiger partial charge in [-0.1, -0.05) is 62.4 Å². The number of anilines is 1. The minimum Gasteiger partial charge on any atom is -0.505 e. The van der Waals surface area contributed by atoms with Gasteiger partial charge < -0.3 is 24.0 Å². The minimum atomic E-state index is -1.14. The second-order valence-electron chi connectivity index (χ2n) is 11.6. The molecule has 1 N–H and O–H groups in total. The Hall–Kier alpha value is -4.63. The van der Waals surface area contributed by atoms with Crippen molar-refractivity contribution in [2.75, 3.05) is 31.8 Å². The highest BCUT2D eigenvalue weighted by molar-refractivity contribution is 5.94. The number of halogens is 2. The van der Waals surface area contributed by atoms with Crippen LogP contribution in [0, 0.1) is 11.7 Å². The fraction of sp³-hybridized carbons (Fsp3) is 0.306. The summed E-state index contributed by atoms with van der Waals surface area (Å²) in [6.45, 7) is 7.15. The summed E-state index contributed by atoms with van der Waals surface area (Å²) < 4.78 is 44.8. The highest BCUT2D eigenvalue weighted by atomic mass is 19.1. The predicted molar refractivity (Wildman–Crippen MR) is 171 cm³/mol. The zero-order valence-corrected chi connectivity index (χ0v) is 26.0. The van der Waals surface area contributed by atoms with E-state index in [2.05, 4.69) is 13.8 Å². The molecule has 0 saturated heterocycles. The third kappa shape index (κ3) is 7.04. The SMILES string of the molecule is CCOC(=O)c1c(O)cc2n1C(Cc1ccccc1F)C(F)=C(c1ccc(OCC(C)C)cc1)N2CN(C)Cc1ccccc1. The molecule has 5 rings (SSSR count). The number of nitrogens with zero attached hydrogens (tertiary/aromatic N) is 3. The lowest BCUT2D eigenvalue weighted by molar-refractivity contribution is 0.0508. The first-order valence-electron chi connectivity index (χ1n) is 15.2. The van der Waals surface area contributed by atoms with Crippen molar-refractivity contribution < 1.29 is 28.2 Å². The van der Waals surface area contributed by atoms with Gasteiger partial charge in [0.2, 0.25) is 0 Å².